The maximum Gasteiger partial charge on any atom is 0.586 e. The molecule has 0 aliphatic carbocycles. The number of nitrogens with zero attached hydrogens (tertiary/aromatic N) is 2. The second kappa shape index (κ2) is 5.49. The third-order valence-corrected chi connectivity index (χ3v) is 5.50. The molecule has 0 saturated carbocycles. The minimum Gasteiger partial charge on any atom is -0.395 e. The van der Waals surface area contributed by atoms with E-state index in [1.54, 1.807) is 18.3 Å². The van der Waals surface area contributed by atoms with Gasteiger partial charge in [0.25, 0.3) is 0 Å². The largest absolute Gasteiger partial charge is 0.586 e. The van der Waals surface area contributed by atoms with E-state index in [4.69, 9.17) is 0 Å². The predicted molar refractivity (Wildman–Crippen MR) is 96.1 cm³/mol. The fraction of sp³-hybridized carbons (Fsp3) is 0.0714. The lowest BCUT2D eigenvalue weighted by molar-refractivity contribution is -0.286. The van der Waals surface area contributed by atoms with Gasteiger partial charge in [0.2, 0.25) is 0 Å². The summed E-state index contributed by atoms with van der Waals surface area (Å²) in [5, 5.41) is 0.911. The first kappa shape index (κ1) is 15.5. The highest BCUT2D eigenvalue weighted by atomic mass is 127. The van der Waals surface area contributed by atoms with Crippen LogP contribution in [-0.4, -0.2) is 15.3 Å². The number of alkyl halides is 2. The molecule has 0 spiro atoms. The molecule has 3 heterocycles. The Kier molecular flexibility index (Phi) is 3.69. The third-order valence-electron chi connectivity index (χ3n) is 3.37. The minimum atomic E-state index is -3.61. The zero-order chi connectivity index (χ0) is 16.2. The van der Waals surface area contributed by atoms with Gasteiger partial charge in [-0.3, -0.25) is 3.97 Å². The summed E-state index contributed by atoms with van der Waals surface area (Å²) in [5.74, 6) is 0.0588. The van der Waals surface area contributed by atoms with Crippen LogP contribution in [0.15, 0.2) is 41.1 Å². The quantitative estimate of drug-likeness (QED) is 0.418. The van der Waals surface area contributed by atoms with Gasteiger partial charge in [-0.05, 0) is 39.7 Å². The van der Waals surface area contributed by atoms with Crippen LogP contribution in [0.2, 0.25) is 0 Å². The highest BCUT2D eigenvalue weighted by Gasteiger charge is 2.43. The first-order chi connectivity index (χ1) is 11.0. The van der Waals surface area contributed by atoms with Gasteiger partial charge in [-0.1, -0.05) is 6.07 Å². The molecule has 4 nitrogen and oxygen atoms in total. The van der Waals surface area contributed by atoms with Crippen LogP contribution < -0.4 is 9.47 Å². The topological polar surface area (TPSA) is 36.3 Å². The molecule has 0 radical (unpaired) electrons. The van der Waals surface area contributed by atoms with Crippen LogP contribution in [0.25, 0.3) is 22.2 Å². The van der Waals surface area contributed by atoms with Crippen molar-refractivity contribution in [3.8, 4) is 22.6 Å². The van der Waals surface area contributed by atoms with Gasteiger partial charge in [0, 0.05) is 58.1 Å². The number of pyridine rings is 1. The molecule has 4 rings (SSSR count). The number of benzene rings is 1. The van der Waals surface area contributed by atoms with E-state index in [2.05, 4.69) is 51.6 Å². The molecule has 9 heteroatoms. The summed E-state index contributed by atoms with van der Waals surface area (Å²) in [5.41, 5.74) is 2.42. The Morgan fingerprint density at radius 1 is 1.22 bits per heavy atom. The maximum atomic E-state index is 13.2. The van der Waals surface area contributed by atoms with Crippen LogP contribution >= 0.6 is 46.3 Å². The molecule has 0 saturated heterocycles. The molecule has 0 unspecified atom stereocenters. The van der Waals surface area contributed by atoms with Crippen LogP contribution in [0.4, 0.5) is 8.78 Å². The Hall–Kier alpha value is -1.07. The SMILES string of the molecule is FC1(F)Oc2ccc(-c3cn(SI)c4ncc(Br)cc34)cc2O1. The Labute approximate surface area is 154 Å². The van der Waals surface area contributed by atoms with Crippen LogP contribution in [0.5, 0.6) is 11.5 Å². The van der Waals surface area contributed by atoms with Crippen molar-refractivity contribution in [3.05, 3.63) is 41.1 Å². The van der Waals surface area contributed by atoms with Crippen molar-refractivity contribution in [2.24, 2.45) is 0 Å². The molecule has 118 valence electrons. The lowest BCUT2D eigenvalue weighted by atomic mass is 10.1. The first-order valence-electron chi connectivity index (χ1n) is 6.33. The molecular formula is C14H6BrF2IN2O2S. The smallest absolute Gasteiger partial charge is 0.395 e. The van der Waals surface area contributed by atoms with Gasteiger partial charge in [-0.2, -0.15) is 0 Å². The second-order valence-electron chi connectivity index (χ2n) is 4.79. The van der Waals surface area contributed by atoms with Crippen molar-refractivity contribution in [2.75, 3.05) is 0 Å². The molecular weight excluding hydrogens is 505 g/mol. The van der Waals surface area contributed by atoms with E-state index in [0.717, 1.165) is 26.6 Å². The van der Waals surface area contributed by atoms with Crippen molar-refractivity contribution >= 4 is 57.3 Å². The average molecular weight is 511 g/mol. The Balaban J connectivity index is 1.89. The number of fused-ring (bicyclic) bond motifs is 2. The monoisotopic (exact) mass is 510 g/mol. The summed E-state index contributed by atoms with van der Waals surface area (Å²) in [6.07, 6.45) is 0.0180. The number of hydrogen-bond acceptors (Lipinski definition) is 4. The fourth-order valence-electron chi connectivity index (χ4n) is 2.45. The van der Waals surface area contributed by atoms with Crippen molar-refractivity contribution in [2.45, 2.75) is 6.29 Å². The molecule has 1 aliphatic heterocycles. The molecule has 2 aromatic heterocycles. The lowest BCUT2D eigenvalue weighted by Gasteiger charge is -2.04. The Bertz CT molecular complexity index is 935. The summed E-state index contributed by atoms with van der Waals surface area (Å²) in [6, 6.07) is 6.70. The molecule has 0 amide bonds. The van der Waals surface area contributed by atoms with Crippen LogP contribution in [-0.2, 0) is 0 Å². The molecule has 3 aromatic rings. The van der Waals surface area contributed by atoms with Crippen molar-refractivity contribution in [3.63, 3.8) is 0 Å². The van der Waals surface area contributed by atoms with E-state index < -0.39 is 6.29 Å². The molecule has 0 bridgehead atoms. The van der Waals surface area contributed by atoms with E-state index in [1.165, 1.54) is 15.2 Å². The van der Waals surface area contributed by atoms with Gasteiger partial charge in [-0.15, -0.1) is 8.78 Å². The third kappa shape index (κ3) is 2.68. The van der Waals surface area contributed by atoms with Gasteiger partial charge in [0.15, 0.2) is 17.1 Å². The molecule has 23 heavy (non-hydrogen) atoms. The standard InChI is InChI=1S/C14H6BrF2IN2O2S/c15-8-4-9-10(6-20(23-18)13(9)19-5-8)7-1-2-11-12(3-7)22-14(16,17)21-11/h1-6H. The van der Waals surface area contributed by atoms with Gasteiger partial charge >= 0.3 is 6.29 Å². The van der Waals surface area contributed by atoms with Crippen LogP contribution in [0.3, 0.4) is 0 Å². The normalized spacial score (nSPS) is 15.3. The second-order valence-corrected chi connectivity index (χ2v) is 7.42. The van der Waals surface area contributed by atoms with Gasteiger partial charge < -0.3 is 9.47 Å². The Morgan fingerprint density at radius 2 is 2.00 bits per heavy atom. The molecule has 0 fully saturated rings. The zero-order valence-electron chi connectivity index (χ0n) is 11.1. The van der Waals surface area contributed by atoms with E-state index in [1.807, 2.05) is 16.2 Å². The van der Waals surface area contributed by atoms with Crippen molar-refractivity contribution in [1.29, 1.82) is 0 Å². The van der Waals surface area contributed by atoms with Gasteiger partial charge in [-0.25, -0.2) is 4.98 Å². The lowest BCUT2D eigenvalue weighted by Crippen LogP contribution is -2.25. The molecule has 0 N–H and O–H groups in total. The van der Waals surface area contributed by atoms with Crippen LogP contribution in [0.1, 0.15) is 0 Å². The number of hydrogen-bond donors (Lipinski definition) is 0. The molecule has 1 aliphatic rings. The zero-order valence-corrected chi connectivity index (χ0v) is 15.7. The number of rotatable bonds is 2. The number of halogens is 4. The van der Waals surface area contributed by atoms with E-state index in [-0.39, 0.29) is 11.5 Å². The summed E-state index contributed by atoms with van der Waals surface area (Å²) in [6.45, 7) is 0. The summed E-state index contributed by atoms with van der Waals surface area (Å²) in [7, 11) is 1.48. The summed E-state index contributed by atoms with van der Waals surface area (Å²) in [4.78, 5) is 4.41. The van der Waals surface area contributed by atoms with E-state index in [9.17, 15) is 8.78 Å². The maximum absolute atomic E-state index is 13.2. The van der Waals surface area contributed by atoms with E-state index in [0.29, 0.717) is 0 Å². The van der Waals surface area contributed by atoms with Crippen molar-refractivity contribution in [1.82, 2.24) is 8.96 Å². The molecule has 1 aromatic carbocycles. The van der Waals surface area contributed by atoms with E-state index >= 15 is 0 Å². The predicted octanol–water partition coefficient (Wildman–Crippen LogP) is 5.63. The number of ether oxygens (including phenoxy) is 2. The van der Waals surface area contributed by atoms with Crippen molar-refractivity contribution < 1.29 is 18.3 Å². The average Bonchev–Trinajstić information content (AvgIpc) is 3.01. The van der Waals surface area contributed by atoms with Gasteiger partial charge in [0.1, 0.15) is 0 Å². The Morgan fingerprint density at radius 3 is 2.78 bits per heavy atom. The fourth-order valence-corrected chi connectivity index (χ4v) is 4.04. The highest BCUT2D eigenvalue weighted by Crippen LogP contribution is 2.44. The van der Waals surface area contributed by atoms with Crippen LogP contribution in [0, 0.1) is 0 Å². The first-order valence-corrected chi connectivity index (χ1v) is 10.4. The minimum absolute atomic E-state index is 0.0264. The summed E-state index contributed by atoms with van der Waals surface area (Å²) < 4.78 is 38.1. The highest BCUT2D eigenvalue weighted by molar-refractivity contribution is 14.2. The molecule has 0 atom stereocenters. The summed E-state index contributed by atoms with van der Waals surface area (Å²) >= 11 is 5.57. The van der Waals surface area contributed by atoms with Gasteiger partial charge in [0.05, 0.1) is 0 Å². The number of aromatic nitrogens is 2.